The van der Waals surface area contributed by atoms with Gasteiger partial charge >= 0.3 is 0 Å². The quantitative estimate of drug-likeness (QED) is 0.253. The average Bonchev–Trinajstić information content (AvgIpc) is 3.62. The molecule has 6 rings (SSSR count). The summed E-state index contributed by atoms with van der Waals surface area (Å²) in [6, 6.07) is 19.0. The van der Waals surface area contributed by atoms with Crippen molar-refractivity contribution in [3.8, 4) is 17.5 Å². The summed E-state index contributed by atoms with van der Waals surface area (Å²) in [5, 5.41) is 11.6. The lowest BCUT2D eigenvalue weighted by molar-refractivity contribution is -0.578. The van der Waals surface area contributed by atoms with Gasteiger partial charge in [0.25, 0.3) is 11.7 Å². The number of para-hydroxylation sites is 2. The molecule has 0 spiro atoms. The summed E-state index contributed by atoms with van der Waals surface area (Å²) >= 11 is 0. The molecular weight excluding hydrogens is 478 g/mol. The van der Waals surface area contributed by atoms with Gasteiger partial charge in [0, 0.05) is 25.6 Å². The Kier molecular flexibility index (Phi) is 5.58. The second-order valence-corrected chi connectivity index (χ2v) is 8.85. The van der Waals surface area contributed by atoms with Crippen molar-refractivity contribution in [2.45, 2.75) is 13.0 Å². The number of carbonyl (C=O) groups excluding carboxylic acids is 1. The highest BCUT2D eigenvalue weighted by molar-refractivity contribution is 6.04. The van der Waals surface area contributed by atoms with E-state index in [9.17, 15) is 4.79 Å². The molecule has 2 aromatic carbocycles. The third kappa shape index (κ3) is 4.02. The minimum absolute atomic E-state index is 0.119. The summed E-state index contributed by atoms with van der Waals surface area (Å²) in [5.41, 5.74) is 10.9. The van der Waals surface area contributed by atoms with Crippen molar-refractivity contribution >= 4 is 28.4 Å². The summed E-state index contributed by atoms with van der Waals surface area (Å²) in [4.78, 5) is 21.2. The van der Waals surface area contributed by atoms with Crippen LogP contribution >= 0.6 is 0 Å². The van der Waals surface area contributed by atoms with Crippen LogP contribution in [0.15, 0.2) is 79.3 Å². The minimum Gasteiger partial charge on any atom is -0.381 e. The summed E-state index contributed by atoms with van der Waals surface area (Å²) in [6.07, 6.45) is 5.17. The minimum atomic E-state index is -0.426. The van der Waals surface area contributed by atoms with Gasteiger partial charge in [0.2, 0.25) is 0 Å². The van der Waals surface area contributed by atoms with Crippen LogP contribution in [0.2, 0.25) is 0 Å². The zero-order valence-electron chi connectivity index (χ0n) is 20.8. The molecule has 0 aliphatic rings. The zero-order valence-corrected chi connectivity index (χ0v) is 20.8. The van der Waals surface area contributed by atoms with Gasteiger partial charge in [0.15, 0.2) is 22.5 Å². The number of anilines is 1. The molecule has 4 N–H and O–H groups in total. The third-order valence-corrected chi connectivity index (χ3v) is 6.22. The highest BCUT2D eigenvalue weighted by Crippen LogP contribution is 2.22. The van der Waals surface area contributed by atoms with Gasteiger partial charge in [-0.3, -0.25) is 9.48 Å². The first-order valence-electron chi connectivity index (χ1n) is 12.0. The molecule has 38 heavy (non-hydrogen) atoms. The highest BCUT2D eigenvalue weighted by atomic mass is 16.1. The first-order valence-corrected chi connectivity index (χ1v) is 12.0. The Bertz CT molecular complexity index is 1870. The molecule has 6 aromatic rings. The number of carbonyl (C=O) groups is 1. The van der Waals surface area contributed by atoms with Gasteiger partial charge in [-0.05, 0) is 49.2 Å². The van der Waals surface area contributed by atoms with E-state index in [2.05, 4.69) is 41.9 Å². The number of rotatable bonds is 4. The Hall–Kier alpha value is -5.43. The number of fused-ring (bicyclic) bond motifs is 2. The number of nitrogens with one attached hydrogen (secondary N) is 2. The molecular formula is C28H24N9O+. The second-order valence-electron chi connectivity index (χ2n) is 8.85. The first-order chi connectivity index (χ1) is 18.5. The molecule has 0 radical (unpaired) electrons. The maximum absolute atomic E-state index is 13.4. The number of aromatic amines is 1. The van der Waals surface area contributed by atoms with E-state index in [0.717, 1.165) is 28.1 Å². The lowest BCUT2D eigenvalue weighted by Gasteiger charge is -2.11. The van der Waals surface area contributed by atoms with Crippen LogP contribution in [0.5, 0.6) is 0 Å². The Morgan fingerprint density at radius 2 is 1.89 bits per heavy atom. The van der Waals surface area contributed by atoms with E-state index < -0.39 is 6.04 Å². The fraction of sp³-hybridized carbons (Fsp3) is 0.107. The van der Waals surface area contributed by atoms with Crippen LogP contribution in [0.4, 0.5) is 5.82 Å². The number of hydrogen-bond acceptors (Lipinski definition) is 5. The summed E-state index contributed by atoms with van der Waals surface area (Å²) in [6.45, 7) is 1.91. The van der Waals surface area contributed by atoms with E-state index in [1.165, 1.54) is 4.52 Å². The maximum Gasteiger partial charge on any atom is 0.283 e. The maximum atomic E-state index is 13.4. The number of nitrogen functional groups attached to an aromatic ring is 1. The molecule has 1 atom stereocenters. The molecule has 0 unspecified atom stereocenters. The highest BCUT2D eigenvalue weighted by Gasteiger charge is 2.29. The Morgan fingerprint density at radius 1 is 1.05 bits per heavy atom. The zero-order chi connectivity index (χ0) is 26.2. The molecule has 4 heterocycles. The molecule has 0 saturated heterocycles. The van der Waals surface area contributed by atoms with Crippen molar-refractivity contribution in [2.24, 2.45) is 7.05 Å². The van der Waals surface area contributed by atoms with Gasteiger partial charge in [-0.15, -0.1) is 5.10 Å². The molecule has 0 saturated carbocycles. The van der Waals surface area contributed by atoms with E-state index >= 15 is 0 Å². The van der Waals surface area contributed by atoms with Crippen LogP contribution in [0, 0.1) is 11.8 Å². The van der Waals surface area contributed by atoms with Crippen molar-refractivity contribution in [1.29, 1.82) is 0 Å². The summed E-state index contributed by atoms with van der Waals surface area (Å²) in [7, 11) is 1.86. The lowest BCUT2D eigenvalue weighted by atomic mass is 10.1. The van der Waals surface area contributed by atoms with Crippen molar-refractivity contribution < 1.29 is 9.36 Å². The second kappa shape index (κ2) is 9.22. The standard InChI is InChI=1S/C28H23N9O/c1-18(31-28(38)23-25(29)34-36-16-7-15-30-27(23)36)26-32-22-11-6-8-19(12-13-20-14-17-35(2)33-20)24(22)37(26)21-9-4-3-5-10-21/h3-11,14-18H,1-2H3,(H3,29,31,34,38)/p+1/t18-/m0/s1. The number of benzene rings is 2. The molecule has 10 heteroatoms. The van der Waals surface area contributed by atoms with Crippen LogP contribution in [0.25, 0.3) is 22.4 Å². The number of nitrogens with two attached hydrogens (primary N) is 1. The topological polar surface area (TPSA) is 123 Å². The molecule has 1 amide bonds. The lowest BCUT2D eigenvalue weighted by Crippen LogP contribution is -2.40. The van der Waals surface area contributed by atoms with E-state index in [0.29, 0.717) is 11.3 Å². The van der Waals surface area contributed by atoms with Gasteiger partial charge in [-0.25, -0.2) is 14.5 Å². The Morgan fingerprint density at radius 3 is 2.68 bits per heavy atom. The molecule has 0 bridgehead atoms. The monoisotopic (exact) mass is 502 g/mol. The summed E-state index contributed by atoms with van der Waals surface area (Å²) in [5.74, 6) is 6.96. The van der Waals surface area contributed by atoms with Gasteiger partial charge in [-0.1, -0.05) is 30.2 Å². The number of imidazole rings is 1. The molecule has 0 aliphatic heterocycles. The van der Waals surface area contributed by atoms with Crippen molar-refractivity contribution in [3.05, 3.63) is 102 Å². The van der Waals surface area contributed by atoms with Gasteiger partial charge in [0.1, 0.15) is 23.0 Å². The number of amides is 1. The Labute approximate surface area is 217 Å². The van der Waals surface area contributed by atoms with Crippen LogP contribution in [-0.4, -0.2) is 35.3 Å². The van der Waals surface area contributed by atoms with Crippen LogP contribution < -0.4 is 15.6 Å². The predicted molar refractivity (Wildman–Crippen MR) is 142 cm³/mol. The fourth-order valence-corrected chi connectivity index (χ4v) is 4.52. The van der Waals surface area contributed by atoms with Crippen LogP contribution in [-0.2, 0) is 7.05 Å². The van der Waals surface area contributed by atoms with Crippen molar-refractivity contribution in [2.75, 3.05) is 5.73 Å². The van der Waals surface area contributed by atoms with E-state index in [1.54, 1.807) is 23.1 Å². The van der Waals surface area contributed by atoms with Crippen molar-refractivity contribution in [3.63, 3.8) is 0 Å². The number of hydrogen-bond donors (Lipinski definition) is 3. The number of nitrogens with zero attached hydrogens (tertiary/aromatic N) is 6. The van der Waals surface area contributed by atoms with Gasteiger partial charge < -0.3 is 11.1 Å². The predicted octanol–water partition coefficient (Wildman–Crippen LogP) is 2.69. The molecule has 10 nitrogen and oxygen atoms in total. The normalized spacial score (nSPS) is 11.8. The number of aromatic nitrogens is 7. The first kappa shape index (κ1) is 23.0. The van der Waals surface area contributed by atoms with Crippen LogP contribution in [0.3, 0.4) is 0 Å². The largest absolute Gasteiger partial charge is 0.381 e. The van der Waals surface area contributed by atoms with E-state index in [1.807, 2.05) is 74.8 Å². The van der Waals surface area contributed by atoms with E-state index in [-0.39, 0.29) is 17.3 Å². The van der Waals surface area contributed by atoms with E-state index in [4.69, 9.17) is 5.73 Å². The van der Waals surface area contributed by atoms with Crippen LogP contribution in [0.1, 0.15) is 40.4 Å². The average molecular weight is 503 g/mol. The summed E-state index contributed by atoms with van der Waals surface area (Å²) < 4.78 is 5.30. The third-order valence-electron chi connectivity index (χ3n) is 6.22. The number of H-pyrrole nitrogens is 1. The molecule has 0 aliphatic carbocycles. The number of aryl methyl sites for hydroxylation is 1. The smallest absolute Gasteiger partial charge is 0.283 e. The van der Waals surface area contributed by atoms with Gasteiger partial charge in [-0.2, -0.15) is 9.67 Å². The van der Waals surface area contributed by atoms with Crippen molar-refractivity contribution in [1.82, 2.24) is 34.7 Å². The fourth-order valence-electron chi connectivity index (χ4n) is 4.52. The SMILES string of the molecule is C[C@H](NC(=O)c1c(N)nn2cccnc12)c1[nH]c2cccc(C#Cc3ccn(C)n3)c2[n+]1-c1ccccc1. The molecule has 186 valence electrons. The van der Waals surface area contributed by atoms with Gasteiger partial charge in [0.05, 0.1) is 5.56 Å². The Balaban J connectivity index is 1.45. The molecule has 0 fully saturated rings. The molecule has 4 aromatic heterocycles.